The fourth-order valence-electron chi connectivity index (χ4n) is 2.86. The van der Waals surface area contributed by atoms with Crippen LogP contribution < -0.4 is 14.8 Å². The Labute approximate surface area is 150 Å². The second-order valence-electron chi connectivity index (χ2n) is 6.85. The van der Waals surface area contributed by atoms with Crippen LogP contribution in [0.1, 0.15) is 52.9 Å². The maximum atomic E-state index is 12.4. The number of carbonyl (C=O) groups is 1. The van der Waals surface area contributed by atoms with Crippen LogP contribution in [0, 0.1) is 0 Å². The SMILES string of the molecule is CC(C)NC(=O)[C@@H](C)Oc1ccc(S(=O)(=O)NC2CCCCC2)cc1. The third-order valence-electron chi connectivity index (χ3n) is 4.17. The summed E-state index contributed by atoms with van der Waals surface area (Å²) in [7, 11) is -3.52. The van der Waals surface area contributed by atoms with Crippen molar-refractivity contribution in [1.29, 1.82) is 0 Å². The van der Waals surface area contributed by atoms with E-state index in [1.165, 1.54) is 18.6 Å². The molecule has 1 fully saturated rings. The van der Waals surface area contributed by atoms with Gasteiger partial charge in [-0.3, -0.25) is 4.79 Å². The number of benzene rings is 1. The van der Waals surface area contributed by atoms with Gasteiger partial charge in [0.2, 0.25) is 10.0 Å². The van der Waals surface area contributed by atoms with Crippen LogP contribution in [0.2, 0.25) is 0 Å². The summed E-state index contributed by atoms with van der Waals surface area (Å²) in [6.07, 6.45) is 4.44. The topological polar surface area (TPSA) is 84.5 Å². The standard InChI is InChI=1S/C18H28N2O4S/c1-13(2)19-18(21)14(3)24-16-9-11-17(12-10-16)25(22,23)20-15-7-5-4-6-8-15/h9-15,20H,4-8H2,1-3H3,(H,19,21)/t14-/m1/s1. The predicted octanol–water partition coefficient (Wildman–Crippen LogP) is 2.59. The van der Waals surface area contributed by atoms with Crippen LogP contribution >= 0.6 is 0 Å². The molecule has 1 aliphatic carbocycles. The lowest BCUT2D eigenvalue weighted by atomic mass is 9.96. The molecule has 2 rings (SSSR count). The summed E-state index contributed by atoms with van der Waals surface area (Å²) >= 11 is 0. The van der Waals surface area contributed by atoms with Gasteiger partial charge in [-0.05, 0) is 57.9 Å². The first-order valence-corrected chi connectivity index (χ1v) is 10.4. The number of hydrogen-bond donors (Lipinski definition) is 2. The van der Waals surface area contributed by atoms with E-state index in [0.717, 1.165) is 25.7 Å². The molecule has 7 heteroatoms. The summed E-state index contributed by atoms with van der Waals surface area (Å²) in [6, 6.07) is 6.23. The molecule has 1 aliphatic rings. The average Bonchev–Trinajstić information content (AvgIpc) is 2.55. The minimum atomic E-state index is -3.52. The zero-order valence-corrected chi connectivity index (χ0v) is 15.9. The van der Waals surface area contributed by atoms with Crippen molar-refractivity contribution in [3.63, 3.8) is 0 Å². The van der Waals surface area contributed by atoms with Crippen LogP contribution in [0.15, 0.2) is 29.2 Å². The van der Waals surface area contributed by atoms with Crippen LogP contribution in [0.3, 0.4) is 0 Å². The first kappa shape index (κ1) is 19.7. The first-order chi connectivity index (χ1) is 11.8. The highest BCUT2D eigenvalue weighted by molar-refractivity contribution is 7.89. The number of sulfonamides is 1. The van der Waals surface area contributed by atoms with E-state index >= 15 is 0 Å². The Morgan fingerprint density at radius 3 is 2.24 bits per heavy atom. The Kier molecular flexibility index (Phi) is 6.84. The lowest BCUT2D eigenvalue weighted by Crippen LogP contribution is -2.40. The van der Waals surface area contributed by atoms with Crippen molar-refractivity contribution < 1.29 is 17.9 Å². The largest absolute Gasteiger partial charge is 0.481 e. The van der Waals surface area contributed by atoms with Gasteiger partial charge in [0, 0.05) is 12.1 Å². The van der Waals surface area contributed by atoms with Gasteiger partial charge < -0.3 is 10.1 Å². The van der Waals surface area contributed by atoms with Gasteiger partial charge in [-0.2, -0.15) is 0 Å². The van der Waals surface area contributed by atoms with E-state index < -0.39 is 16.1 Å². The van der Waals surface area contributed by atoms with E-state index in [-0.39, 0.29) is 22.9 Å². The molecule has 2 N–H and O–H groups in total. The van der Waals surface area contributed by atoms with Crippen molar-refractivity contribution in [2.45, 2.75) is 76.0 Å². The highest BCUT2D eigenvalue weighted by Gasteiger charge is 2.22. The number of ether oxygens (including phenoxy) is 1. The van der Waals surface area contributed by atoms with Crippen molar-refractivity contribution in [2.75, 3.05) is 0 Å². The molecule has 0 saturated heterocycles. The monoisotopic (exact) mass is 368 g/mol. The molecule has 1 saturated carbocycles. The molecule has 25 heavy (non-hydrogen) atoms. The zero-order valence-electron chi connectivity index (χ0n) is 15.1. The van der Waals surface area contributed by atoms with E-state index in [0.29, 0.717) is 5.75 Å². The van der Waals surface area contributed by atoms with Gasteiger partial charge in [-0.1, -0.05) is 19.3 Å². The average molecular weight is 368 g/mol. The van der Waals surface area contributed by atoms with E-state index in [1.54, 1.807) is 19.1 Å². The number of amides is 1. The summed E-state index contributed by atoms with van der Waals surface area (Å²) < 4.78 is 33.2. The third kappa shape index (κ3) is 6.01. The van der Waals surface area contributed by atoms with Crippen molar-refractivity contribution in [2.24, 2.45) is 0 Å². The molecule has 0 aromatic heterocycles. The normalized spacial score (nSPS) is 17.3. The summed E-state index contributed by atoms with van der Waals surface area (Å²) in [5.74, 6) is 0.258. The number of carbonyl (C=O) groups excluding carboxylic acids is 1. The molecule has 0 heterocycles. The van der Waals surface area contributed by atoms with E-state index in [9.17, 15) is 13.2 Å². The van der Waals surface area contributed by atoms with Gasteiger partial charge in [0.15, 0.2) is 6.10 Å². The number of nitrogens with one attached hydrogen (secondary N) is 2. The van der Waals surface area contributed by atoms with Crippen LogP contribution in [0.5, 0.6) is 5.75 Å². The molecule has 1 atom stereocenters. The summed E-state index contributed by atoms with van der Waals surface area (Å²) in [6.45, 7) is 5.42. The summed E-state index contributed by atoms with van der Waals surface area (Å²) in [5.41, 5.74) is 0. The Morgan fingerprint density at radius 2 is 1.68 bits per heavy atom. The van der Waals surface area contributed by atoms with Crippen molar-refractivity contribution in [3.05, 3.63) is 24.3 Å². The van der Waals surface area contributed by atoms with Gasteiger partial charge >= 0.3 is 0 Å². The second-order valence-corrected chi connectivity index (χ2v) is 8.56. The molecule has 1 amide bonds. The maximum Gasteiger partial charge on any atom is 0.260 e. The van der Waals surface area contributed by atoms with E-state index in [4.69, 9.17) is 4.74 Å². The first-order valence-electron chi connectivity index (χ1n) is 8.87. The van der Waals surface area contributed by atoms with Gasteiger partial charge in [0.25, 0.3) is 5.91 Å². The second kappa shape index (κ2) is 8.67. The molecule has 0 aliphatic heterocycles. The fourth-order valence-corrected chi connectivity index (χ4v) is 4.17. The van der Waals surface area contributed by atoms with Gasteiger partial charge in [0.1, 0.15) is 5.75 Å². The van der Waals surface area contributed by atoms with Crippen LogP contribution in [-0.2, 0) is 14.8 Å². The molecule has 140 valence electrons. The molecular formula is C18H28N2O4S. The highest BCUT2D eigenvalue weighted by Crippen LogP contribution is 2.21. The predicted molar refractivity (Wildman–Crippen MR) is 97.0 cm³/mol. The molecule has 6 nitrogen and oxygen atoms in total. The number of rotatable bonds is 7. The Hall–Kier alpha value is -1.60. The number of hydrogen-bond acceptors (Lipinski definition) is 4. The minimum absolute atomic E-state index is 0.0226. The van der Waals surface area contributed by atoms with E-state index in [1.807, 2.05) is 13.8 Å². The molecule has 0 unspecified atom stereocenters. The molecule has 0 bridgehead atoms. The Balaban J connectivity index is 1.97. The van der Waals surface area contributed by atoms with Crippen LogP contribution in [0.25, 0.3) is 0 Å². The van der Waals surface area contributed by atoms with Crippen molar-refractivity contribution in [1.82, 2.24) is 10.0 Å². The van der Waals surface area contributed by atoms with Gasteiger partial charge in [-0.25, -0.2) is 13.1 Å². The zero-order chi connectivity index (χ0) is 18.4. The van der Waals surface area contributed by atoms with Gasteiger partial charge in [0.05, 0.1) is 4.90 Å². The maximum absolute atomic E-state index is 12.4. The Bertz CT molecular complexity index is 665. The van der Waals surface area contributed by atoms with Gasteiger partial charge in [-0.15, -0.1) is 0 Å². The Morgan fingerprint density at radius 1 is 1.08 bits per heavy atom. The molecule has 1 aromatic rings. The lowest BCUT2D eigenvalue weighted by molar-refractivity contribution is -0.127. The molecule has 0 spiro atoms. The van der Waals surface area contributed by atoms with Crippen molar-refractivity contribution >= 4 is 15.9 Å². The van der Waals surface area contributed by atoms with Crippen LogP contribution in [0.4, 0.5) is 0 Å². The van der Waals surface area contributed by atoms with Crippen LogP contribution in [-0.4, -0.2) is 32.5 Å². The van der Waals surface area contributed by atoms with E-state index in [2.05, 4.69) is 10.0 Å². The lowest BCUT2D eigenvalue weighted by Gasteiger charge is -2.22. The highest BCUT2D eigenvalue weighted by atomic mass is 32.2. The molecule has 0 radical (unpaired) electrons. The minimum Gasteiger partial charge on any atom is -0.481 e. The summed E-state index contributed by atoms with van der Waals surface area (Å²) in [4.78, 5) is 12.1. The third-order valence-corrected chi connectivity index (χ3v) is 5.71. The molecule has 1 aromatic carbocycles. The quantitative estimate of drug-likeness (QED) is 0.775. The van der Waals surface area contributed by atoms with Crippen molar-refractivity contribution in [3.8, 4) is 5.75 Å². The molecular weight excluding hydrogens is 340 g/mol. The summed E-state index contributed by atoms with van der Waals surface area (Å²) in [5, 5.41) is 2.77. The fraction of sp³-hybridized carbons (Fsp3) is 0.611. The smallest absolute Gasteiger partial charge is 0.260 e.